The van der Waals surface area contributed by atoms with Crippen LogP contribution < -0.4 is 4.90 Å². The summed E-state index contributed by atoms with van der Waals surface area (Å²) >= 11 is 12.7. The van der Waals surface area contributed by atoms with Gasteiger partial charge in [-0.1, -0.05) is 59.6 Å². The lowest BCUT2D eigenvalue weighted by Gasteiger charge is -2.40. The van der Waals surface area contributed by atoms with Gasteiger partial charge in [-0.2, -0.15) is 0 Å². The molecule has 2 heterocycles. The van der Waals surface area contributed by atoms with Crippen LogP contribution in [0.3, 0.4) is 0 Å². The van der Waals surface area contributed by atoms with Gasteiger partial charge in [-0.15, -0.1) is 0 Å². The molecule has 44 heavy (non-hydrogen) atoms. The Kier molecular flexibility index (Phi) is 8.98. The summed E-state index contributed by atoms with van der Waals surface area (Å²) in [5.41, 5.74) is 3.84. The first-order valence-electron chi connectivity index (χ1n) is 15.2. The molecule has 2 aliphatic heterocycles. The van der Waals surface area contributed by atoms with Crippen LogP contribution in [-0.4, -0.2) is 55.5 Å². The van der Waals surface area contributed by atoms with Crippen molar-refractivity contribution in [3.8, 4) is 0 Å². The van der Waals surface area contributed by atoms with Crippen LogP contribution in [0.5, 0.6) is 0 Å². The van der Waals surface area contributed by atoms with Crippen LogP contribution in [0.25, 0.3) is 10.8 Å². The standard InChI is InChI=1S/C36H37Cl2F2N3O/c1-24(44)43-23-36(31-20-28(39)9-12-35(31)43)14-17-42(18-15-36)16-13-26(25-7-10-32(37)33(38)19-25)21-41(2)22-27-8-11-34(40)30-6-4-3-5-29(27)30/h3-12,19-20,26H,13-18,21-23H2,1-2H3/t26-/m1/s1. The predicted octanol–water partition coefficient (Wildman–Crippen LogP) is 8.43. The van der Waals surface area contributed by atoms with Gasteiger partial charge < -0.3 is 14.7 Å². The zero-order valence-electron chi connectivity index (χ0n) is 25.1. The quantitative estimate of drug-likeness (QED) is 0.194. The first-order chi connectivity index (χ1) is 21.1. The lowest BCUT2D eigenvalue weighted by Crippen LogP contribution is -2.46. The number of hydrogen-bond acceptors (Lipinski definition) is 3. The SMILES string of the molecule is CC(=O)N1CC2(CCN(CC[C@H](CN(C)Cc3ccc(F)c4ccccc34)c3ccc(Cl)c(Cl)c3)CC2)c2cc(F)ccc21. The number of carbonyl (C=O) groups excluding carboxylic acids is 1. The van der Waals surface area contributed by atoms with E-state index >= 15 is 0 Å². The number of rotatable bonds is 8. The van der Waals surface area contributed by atoms with E-state index in [1.807, 2.05) is 47.4 Å². The van der Waals surface area contributed by atoms with Crippen LogP contribution in [0.4, 0.5) is 14.5 Å². The van der Waals surface area contributed by atoms with Crippen LogP contribution in [0.15, 0.2) is 72.8 Å². The maximum atomic E-state index is 14.4. The first kappa shape index (κ1) is 31.0. The van der Waals surface area contributed by atoms with Crippen LogP contribution in [0, 0.1) is 11.6 Å². The molecule has 0 aliphatic carbocycles. The van der Waals surface area contributed by atoms with Gasteiger partial charge in [-0.05, 0) is 110 Å². The average Bonchev–Trinajstić information content (AvgIpc) is 3.32. The van der Waals surface area contributed by atoms with E-state index < -0.39 is 0 Å². The lowest BCUT2D eigenvalue weighted by molar-refractivity contribution is -0.116. The molecule has 4 aromatic carbocycles. The third kappa shape index (κ3) is 6.23. The third-order valence-corrected chi connectivity index (χ3v) is 10.4. The molecule has 1 saturated heterocycles. The van der Waals surface area contributed by atoms with E-state index in [4.69, 9.17) is 23.2 Å². The number of piperidine rings is 1. The van der Waals surface area contributed by atoms with Crippen LogP contribution in [0.1, 0.15) is 48.8 Å². The molecule has 0 bridgehead atoms. The highest BCUT2D eigenvalue weighted by Crippen LogP contribution is 2.47. The fourth-order valence-corrected chi connectivity index (χ4v) is 7.52. The van der Waals surface area contributed by atoms with Crippen molar-refractivity contribution in [3.63, 3.8) is 0 Å². The zero-order chi connectivity index (χ0) is 31.0. The maximum Gasteiger partial charge on any atom is 0.223 e. The number of fused-ring (bicyclic) bond motifs is 3. The van der Waals surface area contributed by atoms with Crippen LogP contribution in [-0.2, 0) is 16.8 Å². The van der Waals surface area contributed by atoms with Gasteiger partial charge in [0.25, 0.3) is 0 Å². The first-order valence-corrected chi connectivity index (χ1v) is 16.0. The predicted molar refractivity (Wildman–Crippen MR) is 176 cm³/mol. The Balaban J connectivity index is 1.15. The molecule has 1 fully saturated rings. The van der Waals surface area contributed by atoms with E-state index in [0.717, 1.165) is 73.2 Å². The Bertz CT molecular complexity index is 1690. The molecule has 1 amide bonds. The van der Waals surface area contributed by atoms with Gasteiger partial charge in [0.05, 0.1) is 10.0 Å². The van der Waals surface area contributed by atoms with E-state index in [-0.39, 0.29) is 28.9 Å². The number of likely N-dealkylation sites (tertiary alicyclic amines) is 1. The van der Waals surface area contributed by atoms with Gasteiger partial charge in [0.15, 0.2) is 0 Å². The van der Waals surface area contributed by atoms with E-state index in [1.165, 1.54) is 6.07 Å². The topological polar surface area (TPSA) is 26.8 Å². The normalized spacial score (nSPS) is 17.0. The van der Waals surface area contributed by atoms with Crippen molar-refractivity contribution < 1.29 is 13.6 Å². The highest BCUT2D eigenvalue weighted by molar-refractivity contribution is 6.42. The lowest BCUT2D eigenvalue weighted by atomic mass is 9.74. The second-order valence-corrected chi connectivity index (χ2v) is 13.3. The zero-order valence-corrected chi connectivity index (χ0v) is 26.6. The Hall–Kier alpha value is -3.03. The Labute approximate surface area is 268 Å². The average molecular weight is 637 g/mol. The van der Waals surface area contributed by atoms with Crippen molar-refractivity contribution in [3.05, 3.63) is 111 Å². The molecule has 4 aromatic rings. The number of amides is 1. The van der Waals surface area contributed by atoms with Gasteiger partial charge >= 0.3 is 0 Å². The van der Waals surface area contributed by atoms with Gasteiger partial charge in [-0.3, -0.25) is 4.79 Å². The fourth-order valence-electron chi connectivity index (χ4n) is 7.22. The van der Waals surface area contributed by atoms with E-state index in [0.29, 0.717) is 28.5 Å². The summed E-state index contributed by atoms with van der Waals surface area (Å²) in [5, 5.41) is 2.66. The highest BCUT2D eigenvalue weighted by atomic mass is 35.5. The molecular weight excluding hydrogens is 599 g/mol. The summed E-state index contributed by atoms with van der Waals surface area (Å²) in [6, 6.07) is 21.8. The maximum absolute atomic E-state index is 14.4. The third-order valence-electron chi connectivity index (χ3n) is 9.62. The Morgan fingerprint density at radius 1 is 0.955 bits per heavy atom. The van der Waals surface area contributed by atoms with Crippen molar-refractivity contribution in [2.75, 3.05) is 44.7 Å². The monoisotopic (exact) mass is 635 g/mol. The number of nitrogens with zero attached hydrogens (tertiary/aromatic N) is 3. The second-order valence-electron chi connectivity index (χ2n) is 12.5. The molecular formula is C36H37Cl2F2N3O. The van der Waals surface area contributed by atoms with Crippen molar-refractivity contribution in [1.29, 1.82) is 0 Å². The molecule has 0 unspecified atom stereocenters. The second kappa shape index (κ2) is 12.8. The molecule has 6 rings (SSSR count). The summed E-state index contributed by atoms with van der Waals surface area (Å²) in [5.74, 6) is -0.256. The van der Waals surface area contributed by atoms with Gasteiger partial charge in [0.2, 0.25) is 5.91 Å². The van der Waals surface area contributed by atoms with Crippen molar-refractivity contribution in [2.24, 2.45) is 0 Å². The molecule has 230 valence electrons. The minimum atomic E-state index is -0.252. The number of carbonyl (C=O) groups is 1. The molecule has 1 atom stereocenters. The van der Waals surface area contributed by atoms with Crippen molar-refractivity contribution in [1.82, 2.24) is 9.80 Å². The number of halogens is 4. The van der Waals surface area contributed by atoms with Crippen molar-refractivity contribution in [2.45, 2.75) is 44.1 Å². The van der Waals surface area contributed by atoms with Crippen molar-refractivity contribution >= 4 is 45.6 Å². The molecule has 0 radical (unpaired) electrons. The summed E-state index contributed by atoms with van der Waals surface area (Å²) in [7, 11) is 2.10. The molecule has 1 spiro atoms. The number of hydrogen-bond donors (Lipinski definition) is 0. The molecule has 0 aromatic heterocycles. The van der Waals surface area contributed by atoms with E-state index in [1.54, 1.807) is 25.1 Å². The minimum Gasteiger partial charge on any atom is -0.311 e. The summed E-state index contributed by atoms with van der Waals surface area (Å²) < 4.78 is 28.8. The smallest absolute Gasteiger partial charge is 0.223 e. The van der Waals surface area contributed by atoms with E-state index in [9.17, 15) is 13.6 Å². The molecule has 0 N–H and O–H groups in total. The van der Waals surface area contributed by atoms with Gasteiger partial charge in [0.1, 0.15) is 11.6 Å². The number of benzene rings is 4. The highest BCUT2D eigenvalue weighted by Gasteiger charge is 2.45. The van der Waals surface area contributed by atoms with Gasteiger partial charge in [-0.25, -0.2) is 8.78 Å². The van der Waals surface area contributed by atoms with Gasteiger partial charge in [0, 0.05) is 43.0 Å². The summed E-state index contributed by atoms with van der Waals surface area (Å²) in [6.45, 7) is 6.35. The number of anilines is 1. The molecule has 2 aliphatic rings. The molecule has 8 heteroatoms. The molecule has 4 nitrogen and oxygen atoms in total. The summed E-state index contributed by atoms with van der Waals surface area (Å²) in [6.07, 6.45) is 2.68. The molecule has 0 saturated carbocycles. The minimum absolute atomic E-state index is 0.000570. The van der Waals surface area contributed by atoms with Crippen LogP contribution in [0.2, 0.25) is 10.0 Å². The van der Waals surface area contributed by atoms with E-state index in [2.05, 4.69) is 22.9 Å². The fraction of sp³-hybridized carbons (Fsp3) is 0.361. The Morgan fingerprint density at radius 2 is 1.70 bits per heavy atom. The van der Waals surface area contributed by atoms with Crippen LogP contribution >= 0.6 is 23.2 Å². The Morgan fingerprint density at radius 3 is 2.43 bits per heavy atom. The summed E-state index contributed by atoms with van der Waals surface area (Å²) in [4.78, 5) is 19.0. The number of likely N-dealkylation sites (N-methyl/N-ethyl adjacent to an activating group) is 1. The largest absolute Gasteiger partial charge is 0.311 e.